The zero-order chi connectivity index (χ0) is 14.7. The van der Waals surface area contributed by atoms with Crippen molar-refractivity contribution in [1.29, 1.82) is 0 Å². The molecule has 0 bridgehead atoms. The Morgan fingerprint density at radius 1 is 1.20 bits per heavy atom. The first kappa shape index (κ1) is 14.2. The highest BCUT2D eigenvalue weighted by Crippen LogP contribution is 2.14. The predicted octanol–water partition coefficient (Wildman–Crippen LogP) is 2.89. The summed E-state index contributed by atoms with van der Waals surface area (Å²) in [7, 11) is 3.94. The second kappa shape index (κ2) is 5.82. The van der Waals surface area contributed by atoms with E-state index in [9.17, 15) is 4.79 Å². The molecule has 0 atom stereocenters. The van der Waals surface area contributed by atoms with Crippen molar-refractivity contribution in [1.82, 2.24) is 5.32 Å². The minimum atomic E-state index is -0.0754. The third-order valence-corrected chi connectivity index (χ3v) is 3.23. The molecule has 2 rings (SSSR count). The van der Waals surface area contributed by atoms with Gasteiger partial charge in [0.25, 0.3) is 5.91 Å². The smallest absolute Gasteiger partial charge is 0.251 e. The van der Waals surface area contributed by atoms with Gasteiger partial charge in [-0.2, -0.15) is 0 Å². The van der Waals surface area contributed by atoms with Crippen LogP contribution in [0.3, 0.4) is 0 Å². The molecule has 0 spiro atoms. The van der Waals surface area contributed by atoms with Gasteiger partial charge in [0.2, 0.25) is 0 Å². The molecule has 20 heavy (non-hydrogen) atoms. The van der Waals surface area contributed by atoms with Gasteiger partial charge in [0.05, 0.1) is 0 Å². The molecule has 0 aliphatic rings. The summed E-state index contributed by atoms with van der Waals surface area (Å²) in [5.41, 5.74) is 2.75. The molecule has 0 radical (unpaired) electrons. The number of rotatable bonds is 4. The molecule has 1 N–H and O–H groups in total. The Bertz CT molecular complexity index is 597. The molecule has 106 valence electrons. The fourth-order valence-corrected chi connectivity index (χ4v) is 2.05. The fraction of sp³-hybridized carbons (Fsp3) is 0.312. The molecule has 0 unspecified atom stereocenters. The monoisotopic (exact) mass is 272 g/mol. The summed E-state index contributed by atoms with van der Waals surface area (Å²) in [6, 6.07) is 9.48. The van der Waals surface area contributed by atoms with E-state index in [1.165, 1.54) is 0 Å². The highest BCUT2D eigenvalue weighted by molar-refractivity contribution is 5.94. The minimum absolute atomic E-state index is 0.0754. The van der Waals surface area contributed by atoms with Gasteiger partial charge in [0, 0.05) is 37.5 Å². The lowest BCUT2D eigenvalue weighted by Crippen LogP contribution is -2.23. The summed E-state index contributed by atoms with van der Waals surface area (Å²) < 4.78 is 5.44. The van der Waals surface area contributed by atoms with Crippen LogP contribution in [0.15, 0.2) is 34.7 Å². The molecule has 1 heterocycles. The van der Waals surface area contributed by atoms with Gasteiger partial charge in [-0.3, -0.25) is 4.79 Å². The van der Waals surface area contributed by atoms with Crippen LogP contribution in [0.1, 0.15) is 27.4 Å². The summed E-state index contributed by atoms with van der Waals surface area (Å²) in [5.74, 6) is 1.64. The molecule has 0 aliphatic heterocycles. The maximum atomic E-state index is 12.1. The van der Waals surface area contributed by atoms with Crippen LogP contribution in [0.4, 0.5) is 5.69 Å². The number of hydrogen-bond donors (Lipinski definition) is 1. The van der Waals surface area contributed by atoms with Gasteiger partial charge in [-0.25, -0.2) is 0 Å². The van der Waals surface area contributed by atoms with E-state index in [1.54, 1.807) is 0 Å². The quantitative estimate of drug-likeness (QED) is 0.931. The van der Waals surface area contributed by atoms with Gasteiger partial charge in [-0.1, -0.05) is 0 Å². The molecular formula is C16H20N2O2. The van der Waals surface area contributed by atoms with Crippen molar-refractivity contribution in [2.24, 2.45) is 0 Å². The van der Waals surface area contributed by atoms with E-state index < -0.39 is 0 Å². The molecule has 2 aromatic rings. The van der Waals surface area contributed by atoms with Crippen LogP contribution in [0.2, 0.25) is 0 Å². The SMILES string of the molecule is Cc1cc(CNC(=O)c2ccc(N(C)C)cc2)c(C)o1. The second-order valence-corrected chi connectivity index (χ2v) is 5.06. The Labute approximate surface area is 119 Å². The lowest BCUT2D eigenvalue weighted by molar-refractivity contribution is 0.0951. The van der Waals surface area contributed by atoms with Crippen molar-refractivity contribution in [2.75, 3.05) is 19.0 Å². The van der Waals surface area contributed by atoms with E-state index in [2.05, 4.69) is 5.32 Å². The molecule has 4 heteroatoms. The van der Waals surface area contributed by atoms with Crippen LogP contribution in [0, 0.1) is 13.8 Å². The highest BCUT2D eigenvalue weighted by atomic mass is 16.3. The summed E-state index contributed by atoms with van der Waals surface area (Å²) in [4.78, 5) is 14.1. The first-order valence-corrected chi connectivity index (χ1v) is 6.59. The van der Waals surface area contributed by atoms with Gasteiger partial charge in [0.1, 0.15) is 11.5 Å². The van der Waals surface area contributed by atoms with E-state index in [1.807, 2.05) is 63.2 Å². The summed E-state index contributed by atoms with van der Waals surface area (Å²) in [5, 5.41) is 2.91. The molecule has 0 saturated heterocycles. The Morgan fingerprint density at radius 2 is 1.85 bits per heavy atom. The number of nitrogens with one attached hydrogen (secondary N) is 1. The number of amides is 1. The topological polar surface area (TPSA) is 45.5 Å². The Kier molecular flexibility index (Phi) is 4.13. The standard InChI is InChI=1S/C16H20N2O2/c1-11-9-14(12(2)20-11)10-17-16(19)13-5-7-15(8-6-13)18(3)4/h5-9H,10H2,1-4H3,(H,17,19). The average molecular weight is 272 g/mol. The van der Waals surface area contributed by atoms with Crippen molar-refractivity contribution in [2.45, 2.75) is 20.4 Å². The average Bonchev–Trinajstić information content (AvgIpc) is 2.74. The summed E-state index contributed by atoms with van der Waals surface area (Å²) in [6.07, 6.45) is 0. The van der Waals surface area contributed by atoms with Gasteiger partial charge in [0.15, 0.2) is 0 Å². The van der Waals surface area contributed by atoms with E-state index >= 15 is 0 Å². The molecular weight excluding hydrogens is 252 g/mol. The van der Waals surface area contributed by atoms with Crippen molar-refractivity contribution >= 4 is 11.6 Å². The van der Waals surface area contributed by atoms with Crippen molar-refractivity contribution in [3.05, 3.63) is 53.0 Å². The Balaban J connectivity index is 1.99. The third kappa shape index (κ3) is 3.20. The molecule has 1 amide bonds. The molecule has 0 saturated carbocycles. The number of carbonyl (C=O) groups excluding carboxylic acids is 1. The molecule has 4 nitrogen and oxygen atoms in total. The summed E-state index contributed by atoms with van der Waals surface area (Å²) in [6.45, 7) is 4.29. The van der Waals surface area contributed by atoms with E-state index in [0.717, 1.165) is 22.8 Å². The number of benzene rings is 1. The van der Waals surface area contributed by atoms with Crippen molar-refractivity contribution in [3.63, 3.8) is 0 Å². The largest absolute Gasteiger partial charge is 0.466 e. The number of hydrogen-bond acceptors (Lipinski definition) is 3. The zero-order valence-electron chi connectivity index (χ0n) is 12.4. The molecule has 1 aromatic carbocycles. The van der Waals surface area contributed by atoms with E-state index in [0.29, 0.717) is 12.1 Å². The van der Waals surface area contributed by atoms with Gasteiger partial charge >= 0.3 is 0 Å². The maximum absolute atomic E-state index is 12.1. The molecule has 0 fully saturated rings. The minimum Gasteiger partial charge on any atom is -0.466 e. The first-order valence-electron chi connectivity index (χ1n) is 6.59. The first-order chi connectivity index (χ1) is 9.47. The zero-order valence-corrected chi connectivity index (χ0v) is 12.4. The van der Waals surface area contributed by atoms with Crippen LogP contribution >= 0.6 is 0 Å². The van der Waals surface area contributed by atoms with Crippen LogP contribution in [-0.4, -0.2) is 20.0 Å². The van der Waals surface area contributed by atoms with Gasteiger partial charge < -0.3 is 14.6 Å². The number of aryl methyl sites for hydroxylation is 2. The molecule has 0 aliphatic carbocycles. The van der Waals surface area contributed by atoms with Crippen LogP contribution < -0.4 is 10.2 Å². The molecule has 1 aromatic heterocycles. The maximum Gasteiger partial charge on any atom is 0.251 e. The second-order valence-electron chi connectivity index (χ2n) is 5.06. The van der Waals surface area contributed by atoms with E-state index in [4.69, 9.17) is 4.42 Å². The van der Waals surface area contributed by atoms with E-state index in [-0.39, 0.29) is 5.91 Å². The van der Waals surface area contributed by atoms with Crippen LogP contribution in [0.5, 0.6) is 0 Å². The third-order valence-electron chi connectivity index (χ3n) is 3.23. The Morgan fingerprint density at radius 3 is 2.35 bits per heavy atom. The lowest BCUT2D eigenvalue weighted by atomic mass is 10.1. The van der Waals surface area contributed by atoms with Gasteiger partial charge in [-0.15, -0.1) is 0 Å². The predicted molar refractivity (Wildman–Crippen MR) is 80.1 cm³/mol. The number of nitrogens with zero attached hydrogens (tertiary/aromatic N) is 1. The van der Waals surface area contributed by atoms with Crippen molar-refractivity contribution < 1.29 is 9.21 Å². The normalized spacial score (nSPS) is 10.4. The Hall–Kier alpha value is -2.23. The highest BCUT2D eigenvalue weighted by Gasteiger charge is 2.09. The summed E-state index contributed by atoms with van der Waals surface area (Å²) >= 11 is 0. The van der Waals surface area contributed by atoms with Crippen molar-refractivity contribution in [3.8, 4) is 0 Å². The number of anilines is 1. The number of furan rings is 1. The fourth-order valence-electron chi connectivity index (χ4n) is 2.05. The van der Waals surface area contributed by atoms with Crippen LogP contribution in [-0.2, 0) is 6.54 Å². The van der Waals surface area contributed by atoms with Crippen LogP contribution in [0.25, 0.3) is 0 Å². The lowest BCUT2D eigenvalue weighted by Gasteiger charge is -2.12. The number of carbonyl (C=O) groups is 1. The van der Waals surface area contributed by atoms with Gasteiger partial charge in [-0.05, 0) is 44.2 Å².